The fourth-order valence-corrected chi connectivity index (χ4v) is 4.87. The summed E-state index contributed by atoms with van der Waals surface area (Å²) in [6.07, 6.45) is 2.96. The van der Waals surface area contributed by atoms with Gasteiger partial charge in [-0.05, 0) is 54.4 Å². The van der Waals surface area contributed by atoms with Gasteiger partial charge >= 0.3 is 5.91 Å². The van der Waals surface area contributed by atoms with Crippen LogP contribution in [0.1, 0.15) is 22.7 Å². The second-order valence-corrected chi connectivity index (χ2v) is 8.43. The van der Waals surface area contributed by atoms with Crippen LogP contribution in [0.3, 0.4) is 0 Å². The maximum absolute atomic E-state index is 13.6. The number of ketones is 1. The highest BCUT2D eigenvalue weighted by atomic mass is 32.1. The molecule has 158 valence electrons. The average molecular weight is 445 g/mol. The monoisotopic (exact) mass is 445 g/mol. The summed E-state index contributed by atoms with van der Waals surface area (Å²) in [4.78, 5) is 36.0. The number of hydrogen-bond acceptors (Lipinski definition) is 6. The van der Waals surface area contributed by atoms with Gasteiger partial charge in [-0.25, -0.2) is 9.37 Å². The number of benzene rings is 2. The van der Waals surface area contributed by atoms with Crippen molar-refractivity contribution in [1.82, 2.24) is 9.97 Å². The number of carbonyl (C=O) groups excluding carboxylic acids is 2. The predicted octanol–water partition coefficient (Wildman–Crippen LogP) is 4.77. The summed E-state index contributed by atoms with van der Waals surface area (Å²) in [7, 11) is 0. The van der Waals surface area contributed by atoms with Crippen molar-refractivity contribution in [2.24, 2.45) is 0 Å². The molecule has 0 bridgehead atoms. The van der Waals surface area contributed by atoms with E-state index in [0.29, 0.717) is 21.8 Å². The number of Topliss-reactive ketones (excluding diaryl/α,β-unsaturated/α-hetero) is 1. The topological polar surface area (TPSA) is 83.4 Å². The van der Waals surface area contributed by atoms with Crippen molar-refractivity contribution >= 4 is 44.1 Å². The number of aliphatic hydroxyl groups is 1. The van der Waals surface area contributed by atoms with Crippen LogP contribution in [0.25, 0.3) is 16.0 Å². The number of halogens is 1. The van der Waals surface area contributed by atoms with E-state index in [0.717, 1.165) is 10.3 Å². The molecular weight excluding hydrogens is 429 g/mol. The number of aliphatic hydroxyl groups excluding tert-OH is 1. The van der Waals surface area contributed by atoms with E-state index in [1.807, 2.05) is 25.1 Å². The molecule has 0 aliphatic carbocycles. The lowest BCUT2D eigenvalue weighted by molar-refractivity contribution is -0.132. The van der Waals surface area contributed by atoms with Crippen LogP contribution in [-0.2, 0) is 9.59 Å². The van der Waals surface area contributed by atoms with Gasteiger partial charge in [-0.2, -0.15) is 0 Å². The number of nitrogens with zero attached hydrogens (tertiary/aromatic N) is 3. The normalized spacial score (nSPS) is 17.9. The summed E-state index contributed by atoms with van der Waals surface area (Å²) in [6.45, 7) is 1.96. The largest absolute Gasteiger partial charge is 0.507 e. The Kier molecular flexibility index (Phi) is 4.79. The Morgan fingerprint density at radius 3 is 2.50 bits per heavy atom. The first kappa shape index (κ1) is 20.0. The van der Waals surface area contributed by atoms with Crippen LogP contribution in [0.4, 0.5) is 9.52 Å². The molecule has 0 spiro atoms. The number of pyridine rings is 1. The Bertz CT molecular complexity index is 1400. The highest BCUT2D eigenvalue weighted by Gasteiger charge is 2.48. The number of fused-ring (bicyclic) bond motifs is 1. The van der Waals surface area contributed by atoms with Gasteiger partial charge in [0.15, 0.2) is 5.13 Å². The minimum Gasteiger partial charge on any atom is -0.507 e. The van der Waals surface area contributed by atoms with E-state index >= 15 is 0 Å². The zero-order valence-corrected chi connectivity index (χ0v) is 17.6. The number of anilines is 1. The third-order valence-electron chi connectivity index (χ3n) is 5.32. The van der Waals surface area contributed by atoms with Gasteiger partial charge in [0.2, 0.25) is 0 Å². The third-order valence-corrected chi connectivity index (χ3v) is 6.34. The van der Waals surface area contributed by atoms with Crippen LogP contribution in [0.15, 0.2) is 72.6 Å². The number of amides is 1. The minimum absolute atomic E-state index is 0.0803. The van der Waals surface area contributed by atoms with E-state index in [1.165, 1.54) is 52.9 Å². The molecule has 0 saturated carbocycles. The molecule has 1 saturated heterocycles. The number of rotatable bonds is 3. The zero-order chi connectivity index (χ0) is 22.4. The number of hydrogen-bond donors (Lipinski definition) is 1. The molecule has 1 atom stereocenters. The van der Waals surface area contributed by atoms with Crippen LogP contribution in [0.2, 0.25) is 0 Å². The molecule has 0 radical (unpaired) electrons. The molecule has 1 aliphatic rings. The molecule has 1 unspecified atom stereocenters. The number of aromatic nitrogens is 2. The quantitative estimate of drug-likeness (QED) is 0.279. The number of carbonyl (C=O) groups is 2. The fourth-order valence-electron chi connectivity index (χ4n) is 3.78. The number of aryl methyl sites for hydroxylation is 1. The van der Waals surface area contributed by atoms with E-state index in [4.69, 9.17) is 0 Å². The van der Waals surface area contributed by atoms with Gasteiger partial charge in [0, 0.05) is 18.0 Å². The highest BCUT2D eigenvalue weighted by molar-refractivity contribution is 7.22. The van der Waals surface area contributed by atoms with Gasteiger partial charge in [0.25, 0.3) is 5.78 Å². The van der Waals surface area contributed by atoms with E-state index < -0.39 is 23.5 Å². The Labute approximate surface area is 186 Å². The highest BCUT2D eigenvalue weighted by Crippen LogP contribution is 2.44. The molecule has 8 heteroatoms. The van der Waals surface area contributed by atoms with Crippen LogP contribution in [0.5, 0.6) is 0 Å². The zero-order valence-electron chi connectivity index (χ0n) is 16.8. The molecule has 2 aromatic heterocycles. The third kappa shape index (κ3) is 3.25. The van der Waals surface area contributed by atoms with Crippen LogP contribution in [0, 0.1) is 12.7 Å². The van der Waals surface area contributed by atoms with Crippen LogP contribution < -0.4 is 4.90 Å². The summed E-state index contributed by atoms with van der Waals surface area (Å²) in [5, 5.41) is 11.3. The first-order chi connectivity index (χ1) is 15.4. The first-order valence-corrected chi connectivity index (χ1v) is 10.6. The molecular formula is C24H16FN3O3S. The van der Waals surface area contributed by atoms with Crippen molar-refractivity contribution in [3.05, 3.63) is 95.1 Å². The fraction of sp³-hybridized carbons (Fsp3) is 0.0833. The van der Waals surface area contributed by atoms with Gasteiger partial charge in [-0.1, -0.05) is 29.5 Å². The minimum atomic E-state index is -0.953. The van der Waals surface area contributed by atoms with E-state index in [-0.39, 0.29) is 11.3 Å². The molecule has 4 aromatic rings. The van der Waals surface area contributed by atoms with Crippen molar-refractivity contribution in [2.75, 3.05) is 4.90 Å². The molecule has 1 aliphatic heterocycles. The lowest BCUT2D eigenvalue weighted by Gasteiger charge is -2.22. The van der Waals surface area contributed by atoms with E-state index in [2.05, 4.69) is 9.97 Å². The second kappa shape index (κ2) is 7.65. The maximum Gasteiger partial charge on any atom is 0.301 e. The predicted molar refractivity (Wildman–Crippen MR) is 120 cm³/mol. The van der Waals surface area contributed by atoms with Crippen molar-refractivity contribution in [3.63, 3.8) is 0 Å². The smallest absolute Gasteiger partial charge is 0.301 e. The van der Waals surface area contributed by atoms with Crippen molar-refractivity contribution in [3.8, 4) is 0 Å². The lowest BCUT2D eigenvalue weighted by atomic mass is 9.95. The van der Waals surface area contributed by atoms with Crippen LogP contribution in [-0.4, -0.2) is 26.8 Å². The Morgan fingerprint density at radius 2 is 1.78 bits per heavy atom. The first-order valence-electron chi connectivity index (χ1n) is 9.78. The molecule has 5 rings (SSSR count). The summed E-state index contributed by atoms with van der Waals surface area (Å²) in [6, 6.07) is 13.4. The van der Waals surface area contributed by atoms with Crippen molar-refractivity contribution < 1.29 is 19.1 Å². The van der Waals surface area contributed by atoms with Gasteiger partial charge in [0.05, 0.1) is 21.8 Å². The summed E-state index contributed by atoms with van der Waals surface area (Å²) < 4.78 is 14.5. The summed E-state index contributed by atoms with van der Waals surface area (Å²) in [5.74, 6) is -2.40. The SMILES string of the molecule is Cc1ccc2nc(N3C(=O)C(=O)/C(=C(/O)c4ccncc4)C3c3ccc(F)cc3)sc2c1. The van der Waals surface area contributed by atoms with Gasteiger partial charge in [-0.3, -0.25) is 19.5 Å². The Morgan fingerprint density at radius 1 is 1.06 bits per heavy atom. The van der Waals surface area contributed by atoms with Gasteiger partial charge in [0.1, 0.15) is 11.6 Å². The number of thiazole rings is 1. The average Bonchev–Trinajstić information content (AvgIpc) is 3.32. The molecule has 1 fully saturated rings. The van der Waals surface area contributed by atoms with Gasteiger partial charge in [-0.15, -0.1) is 0 Å². The molecule has 6 nitrogen and oxygen atoms in total. The van der Waals surface area contributed by atoms with E-state index in [9.17, 15) is 19.1 Å². The van der Waals surface area contributed by atoms with Gasteiger partial charge < -0.3 is 5.11 Å². The van der Waals surface area contributed by atoms with Crippen molar-refractivity contribution in [1.29, 1.82) is 0 Å². The molecule has 2 aromatic carbocycles. The van der Waals surface area contributed by atoms with Crippen molar-refractivity contribution in [2.45, 2.75) is 13.0 Å². The van der Waals surface area contributed by atoms with Crippen LogP contribution >= 0.6 is 11.3 Å². The molecule has 1 amide bonds. The molecule has 3 heterocycles. The second-order valence-electron chi connectivity index (χ2n) is 7.42. The van der Waals surface area contributed by atoms with E-state index in [1.54, 1.807) is 12.1 Å². The molecule has 32 heavy (non-hydrogen) atoms. The lowest BCUT2D eigenvalue weighted by Crippen LogP contribution is -2.29. The standard InChI is InChI=1S/C24H16FN3O3S/c1-13-2-7-17-18(12-13)32-24(27-17)28-20(14-3-5-16(25)6-4-14)19(22(30)23(28)31)21(29)15-8-10-26-11-9-15/h2-12,20,29H,1H3/b21-19+. The summed E-state index contributed by atoms with van der Waals surface area (Å²) >= 11 is 1.28. The maximum atomic E-state index is 13.6. The Balaban J connectivity index is 1.73. The summed E-state index contributed by atoms with van der Waals surface area (Å²) in [5.41, 5.74) is 2.50. The molecule has 1 N–H and O–H groups in total. The Hall–Kier alpha value is -3.91.